The van der Waals surface area contributed by atoms with Crippen LogP contribution < -0.4 is 14.2 Å². The molecule has 1 fully saturated rings. The molecule has 0 radical (unpaired) electrons. The zero-order valence-electron chi connectivity index (χ0n) is 24.4. The second kappa shape index (κ2) is 12.5. The van der Waals surface area contributed by atoms with Crippen molar-refractivity contribution in [2.75, 3.05) is 59.8 Å². The number of morpholine rings is 1. The number of hydrogen-bond donors (Lipinski definition) is 0. The van der Waals surface area contributed by atoms with Crippen LogP contribution in [0.2, 0.25) is 0 Å². The van der Waals surface area contributed by atoms with Gasteiger partial charge in [0.05, 0.1) is 32.1 Å². The van der Waals surface area contributed by atoms with Crippen molar-refractivity contribution in [3.05, 3.63) is 53.6 Å². The van der Waals surface area contributed by atoms with Crippen LogP contribution in [0.25, 0.3) is 0 Å². The molecule has 0 bridgehead atoms. The van der Waals surface area contributed by atoms with Crippen LogP contribution in [0.4, 0.5) is 0 Å². The van der Waals surface area contributed by atoms with Crippen LogP contribution in [0.15, 0.2) is 47.6 Å². The van der Waals surface area contributed by atoms with Crippen LogP contribution in [0.5, 0.6) is 17.2 Å². The molecule has 0 N–H and O–H groups in total. The third-order valence-corrected chi connectivity index (χ3v) is 7.50. The number of rotatable bonds is 9. The topological polar surface area (TPSA) is 93.1 Å². The Bertz CT molecular complexity index is 1280. The summed E-state index contributed by atoms with van der Waals surface area (Å²) in [5.41, 5.74) is 2.36. The standard InChI is InChI=1S/C31H40N4O6/c1-31(2,3)19-29(36)34(11-10-33-12-14-39-15-13-33)20-30(37)35-26(23-8-9-27-28(17-23)41-21-40-27)18-25(32-35)22-6-5-7-24(16-22)38-4/h5-9,16-17,26H,10-15,18-21H2,1-4H3/t26-/m1/s1. The van der Waals surface area contributed by atoms with Crippen molar-refractivity contribution in [2.24, 2.45) is 10.5 Å². The second-order valence-electron chi connectivity index (χ2n) is 11.9. The summed E-state index contributed by atoms with van der Waals surface area (Å²) in [5.74, 6) is 1.79. The smallest absolute Gasteiger partial charge is 0.262 e. The van der Waals surface area contributed by atoms with E-state index in [1.165, 1.54) is 0 Å². The van der Waals surface area contributed by atoms with Crippen molar-refractivity contribution in [1.29, 1.82) is 0 Å². The molecule has 10 nitrogen and oxygen atoms in total. The number of ether oxygens (including phenoxy) is 4. The summed E-state index contributed by atoms with van der Waals surface area (Å²) in [6.07, 6.45) is 0.871. The maximum absolute atomic E-state index is 14.0. The van der Waals surface area contributed by atoms with Crippen molar-refractivity contribution < 1.29 is 28.5 Å². The highest BCUT2D eigenvalue weighted by Crippen LogP contribution is 2.39. The number of carbonyl (C=O) groups excluding carboxylic acids is 2. The molecule has 3 heterocycles. The van der Waals surface area contributed by atoms with E-state index < -0.39 is 0 Å². The molecular formula is C31H40N4O6. The van der Waals surface area contributed by atoms with Gasteiger partial charge in [0.2, 0.25) is 12.7 Å². The van der Waals surface area contributed by atoms with Crippen molar-refractivity contribution in [3.63, 3.8) is 0 Å². The van der Waals surface area contributed by atoms with E-state index in [-0.39, 0.29) is 36.6 Å². The molecular weight excluding hydrogens is 524 g/mol. The number of hydrazone groups is 1. The van der Waals surface area contributed by atoms with E-state index in [2.05, 4.69) is 4.90 Å². The number of carbonyl (C=O) groups is 2. The number of methoxy groups -OCH3 is 1. The first-order chi connectivity index (χ1) is 19.7. The first kappa shape index (κ1) is 28.9. The van der Waals surface area contributed by atoms with Crippen LogP contribution in [0, 0.1) is 5.41 Å². The minimum Gasteiger partial charge on any atom is -0.497 e. The Hall–Kier alpha value is -3.63. The van der Waals surface area contributed by atoms with Crippen LogP contribution >= 0.6 is 0 Å². The van der Waals surface area contributed by atoms with Crippen LogP contribution in [0.1, 0.15) is 50.8 Å². The Labute approximate surface area is 241 Å². The van der Waals surface area contributed by atoms with Gasteiger partial charge in [-0.2, -0.15) is 5.10 Å². The Morgan fingerprint density at radius 3 is 2.61 bits per heavy atom. The quantitative estimate of drug-likeness (QED) is 0.459. The highest BCUT2D eigenvalue weighted by Gasteiger charge is 2.36. The lowest BCUT2D eigenvalue weighted by molar-refractivity contribution is -0.142. The molecule has 10 heteroatoms. The molecule has 2 aromatic rings. The van der Waals surface area contributed by atoms with E-state index in [9.17, 15) is 9.59 Å². The predicted octanol–water partition coefficient (Wildman–Crippen LogP) is 3.70. The molecule has 0 unspecified atom stereocenters. The maximum Gasteiger partial charge on any atom is 0.262 e. The van der Waals surface area contributed by atoms with Gasteiger partial charge in [0.15, 0.2) is 11.5 Å². The fourth-order valence-electron chi connectivity index (χ4n) is 5.28. The van der Waals surface area contributed by atoms with Crippen LogP contribution in [-0.2, 0) is 14.3 Å². The van der Waals surface area contributed by atoms with Crippen molar-refractivity contribution in [2.45, 2.75) is 39.7 Å². The Morgan fingerprint density at radius 2 is 1.85 bits per heavy atom. The SMILES string of the molecule is COc1cccc(C2=NN(C(=O)CN(CCN3CCOCC3)C(=O)CC(C)(C)C)[C@@H](c3ccc4c(c3)OCO4)C2)c1. The lowest BCUT2D eigenvalue weighted by Crippen LogP contribution is -2.47. The molecule has 0 aromatic heterocycles. The third kappa shape index (κ3) is 7.18. The highest BCUT2D eigenvalue weighted by atomic mass is 16.7. The normalized spacial score (nSPS) is 18.8. The minimum absolute atomic E-state index is 0.0325. The zero-order chi connectivity index (χ0) is 29.0. The highest BCUT2D eigenvalue weighted by molar-refractivity contribution is 6.03. The fraction of sp³-hybridized carbons (Fsp3) is 0.516. The van der Waals surface area contributed by atoms with Gasteiger partial charge < -0.3 is 23.8 Å². The number of amides is 2. The average Bonchev–Trinajstić information content (AvgIpc) is 3.62. The van der Waals surface area contributed by atoms with E-state index >= 15 is 0 Å². The van der Waals surface area contributed by atoms with E-state index in [1.807, 2.05) is 63.2 Å². The average molecular weight is 565 g/mol. The number of hydrogen-bond acceptors (Lipinski definition) is 8. The zero-order valence-corrected chi connectivity index (χ0v) is 24.4. The number of benzene rings is 2. The van der Waals surface area contributed by atoms with E-state index in [0.717, 1.165) is 35.7 Å². The van der Waals surface area contributed by atoms with Gasteiger partial charge in [-0.15, -0.1) is 0 Å². The maximum atomic E-state index is 14.0. The summed E-state index contributed by atoms with van der Waals surface area (Å²) in [7, 11) is 1.63. The van der Waals surface area contributed by atoms with E-state index in [4.69, 9.17) is 24.0 Å². The molecule has 3 aliphatic heterocycles. The summed E-state index contributed by atoms with van der Waals surface area (Å²) >= 11 is 0. The molecule has 0 spiro atoms. The van der Waals surface area contributed by atoms with Crippen molar-refractivity contribution in [1.82, 2.24) is 14.8 Å². The largest absolute Gasteiger partial charge is 0.497 e. The summed E-state index contributed by atoms with van der Waals surface area (Å²) in [6, 6.07) is 13.1. The van der Waals surface area contributed by atoms with Gasteiger partial charge in [-0.3, -0.25) is 14.5 Å². The Balaban J connectivity index is 1.40. The van der Waals surface area contributed by atoms with Crippen LogP contribution in [0.3, 0.4) is 0 Å². The van der Waals surface area contributed by atoms with Gasteiger partial charge in [0.1, 0.15) is 12.3 Å². The molecule has 3 aliphatic rings. The van der Waals surface area contributed by atoms with E-state index in [1.54, 1.807) is 17.0 Å². The number of nitrogens with zero attached hydrogens (tertiary/aromatic N) is 4. The summed E-state index contributed by atoms with van der Waals surface area (Å²) < 4.78 is 22.0. The van der Waals surface area contributed by atoms with Crippen molar-refractivity contribution in [3.8, 4) is 17.2 Å². The molecule has 220 valence electrons. The fourth-order valence-corrected chi connectivity index (χ4v) is 5.28. The summed E-state index contributed by atoms with van der Waals surface area (Å²) in [6.45, 7) is 10.4. The summed E-state index contributed by atoms with van der Waals surface area (Å²) in [4.78, 5) is 31.4. The lowest BCUT2D eigenvalue weighted by Gasteiger charge is -2.32. The van der Waals surface area contributed by atoms with Gasteiger partial charge >= 0.3 is 0 Å². The molecule has 0 saturated carbocycles. The molecule has 2 aromatic carbocycles. The molecule has 2 amide bonds. The summed E-state index contributed by atoms with van der Waals surface area (Å²) in [5, 5.41) is 6.37. The molecule has 41 heavy (non-hydrogen) atoms. The van der Waals surface area contributed by atoms with Gasteiger partial charge in [0.25, 0.3) is 5.91 Å². The lowest BCUT2D eigenvalue weighted by atomic mass is 9.91. The third-order valence-electron chi connectivity index (χ3n) is 7.50. The molecule has 5 rings (SSSR count). The predicted molar refractivity (Wildman–Crippen MR) is 154 cm³/mol. The minimum atomic E-state index is -0.350. The molecule has 1 atom stereocenters. The monoisotopic (exact) mass is 564 g/mol. The van der Waals surface area contributed by atoms with Crippen LogP contribution in [-0.4, -0.2) is 92.2 Å². The molecule has 1 saturated heterocycles. The van der Waals surface area contributed by atoms with Gasteiger partial charge in [-0.25, -0.2) is 5.01 Å². The Morgan fingerprint density at radius 1 is 1.07 bits per heavy atom. The van der Waals surface area contributed by atoms with Gasteiger partial charge in [-0.1, -0.05) is 39.0 Å². The molecule has 0 aliphatic carbocycles. The van der Waals surface area contributed by atoms with Crippen molar-refractivity contribution >= 4 is 17.5 Å². The Kier molecular flexibility index (Phi) is 8.79. The van der Waals surface area contributed by atoms with Gasteiger partial charge in [0, 0.05) is 44.6 Å². The first-order valence-corrected chi connectivity index (χ1v) is 14.2. The van der Waals surface area contributed by atoms with E-state index in [0.29, 0.717) is 50.6 Å². The van der Waals surface area contributed by atoms with Gasteiger partial charge in [-0.05, 0) is 35.2 Å². The first-order valence-electron chi connectivity index (χ1n) is 14.2. The number of fused-ring (bicyclic) bond motifs is 1. The second-order valence-corrected chi connectivity index (χ2v) is 11.9.